The molecule has 27 heavy (non-hydrogen) atoms. The number of hydroxylamine groups is 2. The van der Waals surface area contributed by atoms with E-state index in [1.807, 2.05) is 0 Å². The van der Waals surface area contributed by atoms with Crippen LogP contribution in [0.15, 0.2) is 18.3 Å². The van der Waals surface area contributed by atoms with Crippen LogP contribution in [0.1, 0.15) is 42.4 Å². The molecule has 1 N–H and O–H groups in total. The van der Waals surface area contributed by atoms with E-state index < -0.39 is 35.0 Å². The van der Waals surface area contributed by atoms with Crippen molar-refractivity contribution in [2.75, 3.05) is 20.2 Å². The number of alkyl halides is 3. The van der Waals surface area contributed by atoms with Crippen molar-refractivity contribution in [1.82, 2.24) is 15.4 Å². The molecule has 7 nitrogen and oxygen atoms in total. The Labute approximate surface area is 154 Å². The van der Waals surface area contributed by atoms with Crippen molar-refractivity contribution in [3.05, 3.63) is 35.2 Å². The Kier molecular flexibility index (Phi) is 5.79. The number of hydrogen-bond donors (Lipinski definition) is 1. The first-order valence-corrected chi connectivity index (χ1v) is 8.04. The molecule has 10 heteroatoms. The number of nitrogens with one attached hydrogen (secondary N) is 1. The van der Waals surface area contributed by atoms with Gasteiger partial charge in [-0.05, 0) is 38.0 Å². The summed E-state index contributed by atoms with van der Waals surface area (Å²) in [6, 6.07) is 0.843. The predicted octanol–water partition coefficient (Wildman–Crippen LogP) is 3.03. The quantitative estimate of drug-likeness (QED) is 0.844. The first kappa shape index (κ1) is 20.7. The second-order valence-electron chi connectivity index (χ2n) is 6.74. The van der Waals surface area contributed by atoms with Gasteiger partial charge in [-0.1, -0.05) is 6.08 Å². The highest BCUT2D eigenvalue weighted by Gasteiger charge is 2.37. The first-order chi connectivity index (χ1) is 12.4. The number of pyridine rings is 1. The normalized spacial score (nSPS) is 15.2. The molecular formula is C17H20F3N3O4. The van der Waals surface area contributed by atoms with Crippen molar-refractivity contribution in [2.24, 2.45) is 0 Å². The second kappa shape index (κ2) is 7.55. The number of rotatable bonds is 2. The number of nitrogens with zero attached hydrogens (tertiary/aromatic N) is 2. The number of amides is 2. The molecule has 0 aromatic carbocycles. The molecule has 0 fully saturated rings. The van der Waals surface area contributed by atoms with Crippen molar-refractivity contribution in [3.63, 3.8) is 0 Å². The zero-order chi connectivity index (χ0) is 20.4. The maximum absolute atomic E-state index is 13.3. The Balaban J connectivity index is 2.25. The molecule has 1 aromatic heterocycles. The summed E-state index contributed by atoms with van der Waals surface area (Å²) in [4.78, 5) is 32.5. The summed E-state index contributed by atoms with van der Waals surface area (Å²) < 4.78 is 45.0. The Hall–Kier alpha value is -2.62. The molecule has 2 amide bonds. The van der Waals surface area contributed by atoms with Crippen LogP contribution in [0.4, 0.5) is 18.0 Å². The van der Waals surface area contributed by atoms with Crippen molar-refractivity contribution >= 4 is 17.6 Å². The van der Waals surface area contributed by atoms with Gasteiger partial charge in [0.1, 0.15) is 17.9 Å². The van der Waals surface area contributed by atoms with E-state index in [4.69, 9.17) is 9.57 Å². The summed E-state index contributed by atoms with van der Waals surface area (Å²) in [5.74, 6) is -0.932. The number of halogens is 3. The molecule has 1 aromatic rings. The molecule has 0 unspecified atom stereocenters. The van der Waals surface area contributed by atoms with Gasteiger partial charge < -0.3 is 10.1 Å². The molecule has 0 atom stereocenters. The highest BCUT2D eigenvalue weighted by atomic mass is 19.4. The molecule has 2 rings (SSSR count). The second-order valence-corrected chi connectivity index (χ2v) is 6.74. The van der Waals surface area contributed by atoms with E-state index in [1.54, 1.807) is 26.8 Å². The molecule has 0 aliphatic carbocycles. The number of carbonyl (C=O) groups excluding carboxylic acids is 2. The Morgan fingerprint density at radius 3 is 2.44 bits per heavy atom. The summed E-state index contributed by atoms with van der Waals surface area (Å²) in [6.07, 6.45) is -2.73. The highest BCUT2D eigenvalue weighted by Crippen LogP contribution is 2.33. The van der Waals surface area contributed by atoms with Gasteiger partial charge in [-0.15, -0.1) is 0 Å². The first-order valence-electron chi connectivity index (χ1n) is 8.04. The van der Waals surface area contributed by atoms with Crippen LogP contribution in [0.5, 0.6) is 0 Å². The van der Waals surface area contributed by atoms with E-state index in [1.165, 1.54) is 7.05 Å². The van der Waals surface area contributed by atoms with Crippen LogP contribution < -0.4 is 5.32 Å². The highest BCUT2D eigenvalue weighted by molar-refractivity contribution is 5.94. The molecular weight excluding hydrogens is 367 g/mol. The third-order valence-corrected chi connectivity index (χ3v) is 3.48. The van der Waals surface area contributed by atoms with Crippen LogP contribution in [-0.4, -0.2) is 47.8 Å². The van der Waals surface area contributed by atoms with E-state index in [2.05, 4.69) is 10.3 Å². The lowest BCUT2D eigenvalue weighted by molar-refractivity contribution is -0.138. The molecule has 1 aliphatic rings. The average molecular weight is 387 g/mol. The van der Waals surface area contributed by atoms with E-state index in [9.17, 15) is 22.8 Å². The van der Waals surface area contributed by atoms with Gasteiger partial charge in [-0.2, -0.15) is 18.2 Å². The lowest BCUT2D eigenvalue weighted by atomic mass is 10.0. The fraction of sp³-hybridized carbons (Fsp3) is 0.471. The lowest BCUT2D eigenvalue weighted by Gasteiger charge is -2.29. The number of carbonyl (C=O) groups is 2. The largest absolute Gasteiger partial charge is 0.442 e. The summed E-state index contributed by atoms with van der Waals surface area (Å²) in [5, 5.41) is 3.11. The van der Waals surface area contributed by atoms with Gasteiger partial charge in [0.25, 0.3) is 5.91 Å². The average Bonchev–Trinajstić information content (AvgIpc) is 2.58. The molecule has 0 bridgehead atoms. The third kappa shape index (κ3) is 5.19. The summed E-state index contributed by atoms with van der Waals surface area (Å²) in [7, 11) is 1.22. The van der Waals surface area contributed by atoms with Gasteiger partial charge in [0.05, 0.1) is 12.1 Å². The smallest absolute Gasteiger partial charge is 0.434 e. The molecule has 0 spiro atoms. The van der Waals surface area contributed by atoms with Gasteiger partial charge in [0, 0.05) is 13.2 Å². The Morgan fingerprint density at radius 2 is 1.96 bits per heavy atom. The molecule has 0 radical (unpaired) electrons. The number of hydrogen-bond acceptors (Lipinski definition) is 5. The maximum atomic E-state index is 13.3. The van der Waals surface area contributed by atoms with Crippen molar-refractivity contribution in [3.8, 4) is 0 Å². The van der Waals surface area contributed by atoms with Crippen LogP contribution in [-0.2, 0) is 15.8 Å². The van der Waals surface area contributed by atoms with Gasteiger partial charge >= 0.3 is 12.3 Å². The van der Waals surface area contributed by atoms with E-state index in [-0.39, 0.29) is 18.7 Å². The molecule has 0 saturated carbocycles. The zero-order valence-electron chi connectivity index (χ0n) is 15.3. The molecule has 2 heterocycles. The zero-order valence-corrected chi connectivity index (χ0v) is 15.3. The predicted molar refractivity (Wildman–Crippen MR) is 89.5 cm³/mol. The van der Waals surface area contributed by atoms with Crippen molar-refractivity contribution < 1.29 is 32.3 Å². The summed E-state index contributed by atoms with van der Waals surface area (Å²) in [6.45, 7) is 4.97. The monoisotopic (exact) mass is 387 g/mol. The summed E-state index contributed by atoms with van der Waals surface area (Å²) in [5.41, 5.74) is -1.99. The van der Waals surface area contributed by atoms with E-state index >= 15 is 0 Å². The van der Waals surface area contributed by atoms with E-state index in [0.29, 0.717) is 5.57 Å². The van der Waals surface area contributed by atoms with Crippen LogP contribution >= 0.6 is 0 Å². The Morgan fingerprint density at radius 1 is 1.30 bits per heavy atom. The molecule has 1 aliphatic heterocycles. The fourth-order valence-electron chi connectivity index (χ4n) is 2.25. The minimum atomic E-state index is -4.75. The number of ether oxygens (including phenoxy) is 1. The topological polar surface area (TPSA) is 80.8 Å². The minimum Gasteiger partial charge on any atom is -0.442 e. The van der Waals surface area contributed by atoms with Gasteiger partial charge in [-0.3, -0.25) is 9.63 Å². The van der Waals surface area contributed by atoms with Crippen molar-refractivity contribution in [1.29, 1.82) is 0 Å². The SMILES string of the molecule is CNC(=O)c1ncc(C2=CCN(C(=O)OC(C)(C)C)OC2)cc1C(F)(F)F. The summed E-state index contributed by atoms with van der Waals surface area (Å²) >= 11 is 0. The molecule has 0 saturated heterocycles. The fourth-order valence-corrected chi connectivity index (χ4v) is 2.25. The number of aromatic nitrogens is 1. The standard InChI is InChI=1S/C17H20F3N3O4/c1-16(2,3)27-15(25)23-6-5-10(9-26-23)11-7-12(17(18,19)20)13(22-8-11)14(24)21-4/h5,7-8H,6,9H2,1-4H3,(H,21,24). The van der Waals surface area contributed by atoms with Crippen molar-refractivity contribution in [2.45, 2.75) is 32.5 Å². The van der Waals surface area contributed by atoms with Crippen LogP contribution in [0.25, 0.3) is 5.57 Å². The van der Waals surface area contributed by atoms with Gasteiger partial charge in [-0.25, -0.2) is 9.78 Å². The van der Waals surface area contributed by atoms with Crippen LogP contribution in [0, 0.1) is 0 Å². The van der Waals surface area contributed by atoms with Gasteiger partial charge in [0.2, 0.25) is 0 Å². The Bertz CT molecular complexity index is 770. The third-order valence-electron chi connectivity index (χ3n) is 3.48. The van der Waals surface area contributed by atoms with Crippen LogP contribution in [0.2, 0.25) is 0 Å². The maximum Gasteiger partial charge on any atom is 0.434 e. The minimum absolute atomic E-state index is 0.00277. The molecule has 148 valence electrons. The van der Waals surface area contributed by atoms with E-state index in [0.717, 1.165) is 17.3 Å². The van der Waals surface area contributed by atoms with Gasteiger partial charge in [0.15, 0.2) is 0 Å². The van der Waals surface area contributed by atoms with Crippen LogP contribution in [0.3, 0.4) is 0 Å². The lowest BCUT2D eigenvalue weighted by Crippen LogP contribution is -2.39.